The molecule has 0 heterocycles. The number of nitro groups is 1. The molecule has 1 aromatic rings. The number of nitrogens with zero attached hydrogens (tertiary/aromatic N) is 2. The fraction of sp³-hybridized carbons (Fsp3) is 0.556. The quantitative estimate of drug-likeness (QED) is 0.388. The summed E-state index contributed by atoms with van der Waals surface area (Å²) in [5, 5.41) is 11.1. The van der Waals surface area contributed by atoms with Crippen LogP contribution in [0.2, 0.25) is 0 Å². The maximum atomic E-state index is 12.7. The summed E-state index contributed by atoms with van der Waals surface area (Å²) >= 11 is 0. The number of benzene rings is 1. The number of methoxy groups -OCH3 is 1. The van der Waals surface area contributed by atoms with E-state index >= 15 is 0 Å². The van der Waals surface area contributed by atoms with Crippen molar-refractivity contribution in [3.8, 4) is 0 Å². The van der Waals surface area contributed by atoms with Crippen molar-refractivity contribution in [1.82, 2.24) is 4.90 Å². The second kappa shape index (κ2) is 9.76. The van der Waals surface area contributed by atoms with Gasteiger partial charge in [0.25, 0.3) is 5.69 Å². The van der Waals surface area contributed by atoms with Gasteiger partial charge < -0.3 is 9.64 Å². The number of carbonyl (C=O) groups is 2. The molecule has 7 nitrogen and oxygen atoms in total. The molecule has 0 bridgehead atoms. The average Bonchev–Trinajstić information content (AvgIpc) is 2.57. The highest BCUT2D eigenvalue weighted by Crippen LogP contribution is 2.19. The van der Waals surface area contributed by atoms with E-state index in [4.69, 9.17) is 4.74 Å². The minimum atomic E-state index is -0.488. The molecule has 0 aliphatic rings. The highest BCUT2D eigenvalue weighted by atomic mass is 16.6. The van der Waals surface area contributed by atoms with Gasteiger partial charge in [-0.2, -0.15) is 0 Å². The molecule has 7 heteroatoms. The molecule has 0 aliphatic heterocycles. The largest absolute Gasteiger partial charge is 0.469 e. The molecule has 1 amide bonds. The molecule has 0 aromatic heterocycles. The van der Waals surface area contributed by atoms with Crippen LogP contribution in [0.4, 0.5) is 5.69 Å². The first kappa shape index (κ1) is 20.6. The van der Waals surface area contributed by atoms with Gasteiger partial charge >= 0.3 is 5.97 Å². The predicted molar refractivity (Wildman–Crippen MR) is 94.0 cm³/mol. The topological polar surface area (TPSA) is 89.8 Å². The second-order valence-corrected chi connectivity index (χ2v) is 6.51. The lowest BCUT2D eigenvalue weighted by Crippen LogP contribution is -2.39. The standard InChI is InChI=1S/C18H26N2O5/c1-13(2)9-10-19(12-14(3)18(22)25-4)17(21)11-15-7-5-6-8-16(15)20(23)24/h5-8,13-14H,9-12H2,1-4H3. The van der Waals surface area contributed by atoms with Crippen LogP contribution in [-0.4, -0.2) is 41.9 Å². The Balaban J connectivity index is 2.91. The Morgan fingerprint density at radius 3 is 2.44 bits per heavy atom. The highest BCUT2D eigenvalue weighted by molar-refractivity contribution is 5.81. The highest BCUT2D eigenvalue weighted by Gasteiger charge is 2.24. The molecular formula is C18H26N2O5. The molecule has 0 fully saturated rings. The Morgan fingerprint density at radius 1 is 1.24 bits per heavy atom. The van der Waals surface area contributed by atoms with Crippen molar-refractivity contribution in [2.24, 2.45) is 11.8 Å². The van der Waals surface area contributed by atoms with Gasteiger partial charge in [0.05, 0.1) is 24.4 Å². The maximum Gasteiger partial charge on any atom is 0.310 e. The van der Waals surface area contributed by atoms with E-state index in [0.29, 0.717) is 18.0 Å². The van der Waals surface area contributed by atoms with E-state index in [1.54, 1.807) is 30.0 Å². The van der Waals surface area contributed by atoms with E-state index < -0.39 is 10.8 Å². The number of carbonyl (C=O) groups excluding carboxylic acids is 2. The molecule has 1 unspecified atom stereocenters. The van der Waals surface area contributed by atoms with Gasteiger partial charge in [0, 0.05) is 24.7 Å². The molecule has 1 rings (SSSR count). The number of para-hydroxylation sites is 1. The lowest BCUT2D eigenvalue weighted by atomic mass is 10.1. The van der Waals surface area contributed by atoms with Gasteiger partial charge in [-0.25, -0.2) is 0 Å². The van der Waals surface area contributed by atoms with Crippen molar-refractivity contribution in [1.29, 1.82) is 0 Å². The zero-order valence-electron chi connectivity index (χ0n) is 15.2. The summed E-state index contributed by atoms with van der Waals surface area (Å²) in [6.07, 6.45) is 0.722. The average molecular weight is 350 g/mol. The van der Waals surface area contributed by atoms with Crippen molar-refractivity contribution in [3.05, 3.63) is 39.9 Å². The molecule has 0 saturated carbocycles. The van der Waals surface area contributed by atoms with Crippen LogP contribution in [-0.2, 0) is 20.7 Å². The fourth-order valence-corrected chi connectivity index (χ4v) is 2.45. The zero-order chi connectivity index (χ0) is 19.0. The molecule has 1 aromatic carbocycles. The smallest absolute Gasteiger partial charge is 0.310 e. The first-order valence-electron chi connectivity index (χ1n) is 8.34. The third kappa shape index (κ3) is 6.52. The van der Waals surface area contributed by atoms with Crippen LogP contribution >= 0.6 is 0 Å². The van der Waals surface area contributed by atoms with E-state index in [9.17, 15) is 19.7 Å². The number of hydrogen-bond acceptors (Lipinski definition) is 5. The van der Waals surface area contributed by atoms with Crippen molar-refractivity contribution in [2.45, 2.75) is 33.6 Å². The summed E-state index contributed by atoms with van der Waals surface area (Å²) in [6, 6.07) is 6.21. The summed E-state index contributed by atoms with van der Waals surface area (Å²) in [5.74, 6) is -0.666. The van der Waals surface area contributed by atoms with Crippen LogP contribution in [0, 0.1) is 22.0 Å². The third-order valence-corrected chi connectivity index (χ3v) is 3.96. The number of amides is 1. The molecular weight excluding hydrogens is 324 g/mol. The number of ether oxygens (including phenoxy) is 1. The summed E-state index contributed by atoms with van der Waals surface area (Å²) < 4.78 is 4.72. The first-order chi connectivity index (χ1) is 11.8. The van der Waals surface area contributed by atoms with Gasteiger partial charge in [0.1, 0.15) is 0 Å². The molecule has 0 aliphatic carbocycles. The van der Waals surface area contributed by atoms with Crippen molar-refractivity contribution in [2.75, 3.05) is 20.2 Å². The third-order valence-electron chi connectivity index (χ3n) is 3.96. The van der Waals surface area contributed by atoms with Crippen LogP contribution in [0.15, 0.2) is 24.3 Å². The molecule has 25 heavy (non-hydrogen) atoms. The van der Waals surface area contributed by atoms with Gasteiger partial charge in [-0.15, -0.1) is 0 Å². The van der Waals surface area contributed by atoms with Gasteiger partial charge in [-0.1, -0.05) is 39.0 Å². The lowest BCUT2D eigenvalue weighted by Gasteiger charge is -2.26. The van der Waals surface area contributed by atoms with Crippen LogP contribution in [0.3, 0.4) is 0 Å². The summed E-state index contributed by atoms with van der Waals surface area (Å²) in [4.78, 5) is 36.6. The van der Waals surface area contributed by atoms with Gasteiger partial charge in [-0.3, -0.25) is 19.7 Å². The summed E-state index contributed by atoms with van der Waals surface area (Å²) in [6.45, 7) is 6.53. The molecule has 0 saturated heterocycles. The normalized spacial score (nSPS) is 11.9. The number of rotatable bonds is 9. The summed E-state index contributed by atoms with van der Waals surface area (Å²) in [7, 11) is 1.31. The number of nitro benzene ring substituents is 1. The minimum Gasteiger partial charge on any atom is -0.469 e. The van der Waals surface area contributed by atoms with E-state index in [-0.39, 0.29) is 30.5 Å². The molecule has 1 atom stereocenters. The molecule has 138 valence electrons. The monoisotopic (exact) mass is 350 g/mol. The van der Waals surface area contributed by atoms with Crippen molar-refractivity contribution < 1.29 is 19.2 Å². The van der Waals surface area contributed by atoms with Gasteiger partial charge in [-0.05, 0) is 12.3 Å². The van der Waals surface area contributed by atoms with E-state index in [2.05, 4.69) is 13.8 Å². The van der Waals surface area contributed by atoms with Crippen LogP contribution in [0.1, 0.15) is 32.8 Å². The summed E-state index contributed by atoms with van der Waals surface area (Å²) in [5.41, 5.74) is 0.304. The SMILES string of the molecule is COC(=O)C(C)CN(CCC(C)C)C(=O)Cc1ccccc1[N+](=O)[O-]. The van der Waals surface area contributed by atoms with E-state index in [0.717, 1.165) is 6.42 Å². The fourth-order valence-electron chi connectivity index (χ4n) is 2.45. The van der Waals surface area contributed by atoms with Crippen molar-refractivity contribution in [3.63, 3.8) is 0 Å². The Kier molecular flexibility index (Phi) is 8.04. The minimum absolute atomic E-state index is 0.0663. The van der Waals surface area contributed by atoms with E-state index in [1.807, 2.05) is 0 Å². The molecule has 0 spiro atoms. The Bertz CT molecular complexity index is 615. The number of esters is 1. The van der Waals surface area contributed by atoms with Crippen molar-refractivity contribution >= 4 is 17.6 Å². The Labute approximate surface area is 148 Å². The second-order valence-electron chi connectivity index (χ2n) is 6.51. The van der Waals surface area contributed by atoms with E-state index in [1.165, 1.54) is 13.2 Å². The van der Waals surface area contributed by atoms with Gasteiger partial charge in [0.15, 0.2) is 0 Å². The van der Waals surface area contributed by atoms with Crippen LogP contribution in [0.25, 0.3) is 0 Å². The zero-order valence-corrected chi connectivity index (χ0v) is 15.2. The van der Waals surface area contributed by atoms with Crippen LogP contribution < -0.4 is 0 Å². The number of hydrogen-bond donors (Lipinski definition) is 0. The lowest BCUT2D eigenvalue weighted by molar-refractivity contribution is -0.385. The van der Waals surface area contributed by atoms with Gasteiger partial charge in [0.2, 0.25) is 5.91 Å². The first-order valence-corrected chi connectivity index (χ1v) is 8.34. The Morgan fingerprint density at radius 2 is 1.88 bits per heavy atom. The molecule has 0 N–H and O–H groups in total. The Hall–Kier alpha value is -2.44. The van der Waals surface area contributed by atoms with Crippen LogP contribution in [0.5, 0.6) is 0 Å². The predicted octanol–water partition coefficient (Wildman–Crippen LogP) is 2.82. The molecule has 0 radical (unpaired) electrons. The maximum absolute atomic E-state index is 12.7.